The Morgan fingerprint density at radius 2 is 1.47 bits per heavy atom. The Labute approximate surface area is 247 Å². The Balaban J connectivity index is 1.46. The average Bonchev–Trinajstić information content (AvgIpc) is 3.29. The number of rotatable bonds is 5. The summed E-state index contributed by atoms with van der Waals surface area (Å²) in [4.78, 5) is 13.3. The average molecular weight is 583 g/mol. The van der Waals surface area contributed by atoms with Gasteiger partial charge in [-0.15, -0.1) is 0 Å². The molecule has 0 bridgehead atoms. The summed E-state index contributed by atoms with van der Waals surface area (Å²) >= 11 is 0. The Morgan fingerprint density at radius 1 is 0.767 bits per heavy atom. The van der Waals surface area contributed by atoms with Crippen molar-refractivity contribution < 1.29 is 44.9 Å². The number of aromatic hydroxyl groups is 6. The Kier molecular flexibility index (Phi) is 6.80. The van der Waals surface area contributed by atoms with E-state index in [9.17, 15) is 35.4 Å². The fourth-order valence-electron chi connectivity index (χ4n) is 5.85. The van der Waals surface area contributed by atoms with Crippen LogP contribution in [0.4, 0.5) is 0 Å². The highest BCUT2D eigenvalue weighted by molar-refractivity contribution is 6.03. The summed E-state index contributed by atoms with van der Waals surface area (Å²) in [5.74, 6) is -1.55. The van der Waals surface area contributed by atoms with Gasteiger partial charge in [0, 0.05) is 34.9 Å². The second-order valence-electron chi connectivity index (χ2n) is 11.2. The van der Waals surface area contributed by atoms with Gasteiger partial charge in [-0.1, -0.05) is 23.8 Å². The van der Waals surface area contributed by atoms with Crippen molar-refractivity contribution in [1.82, 2.24) is 0 Å². The first-order valence-electron chi connectivity index (χ1n) is 13.8. The van der Waals surface area contributed by atoms with E-state index in [1.807, 2.05) is 19.9 Å². The summed E-state index contributed by atoms with van der Waals surface area (Å²) in [5.41, 5.74) is 3.46. The van der Waals surface area contributed by atoms with Crippen LogP contribution in [0.3, 0.4) is 0 Å². The first kappa shape index (κ1) is 27.8. The Hall–Kier alpha value is -5.31. The highest BCUT2D eigenvalue weighted by atomic mass is 16.5. The minimum absolute atomic E-state index is 0.0179. The summed E-state index contributed by atoms with van der Waals surface area (Å²) in [7, 11) is 0. The van der Waals surface area contributed by atoms with E-state index in [-0.39, 0.29) is 64.2 Å². The van der Waals surface area contributed by atoms with Crippen molar-refractivity contribution in [2.45, 2.75) is 44.8 Å². The molecule has 6 rings (SSSR count). The van der Waals surface area contributed by atoms with Crippen molar-refractivity contribution in [3.8, 4) is 46.0 Å². The van der Waals surface area contributed by atoms with Crippen LogP contribution in [0.1, 0.15) is 76.6 Å². The van der Waals surface area contributed by atoms with Crippen molar-refractivity contribution in [3.63, 3.8) is 0 Å². The van der Waals surface area contributed by atoms with Crippen LogP contribution >= 0.6 is 0 Å². The molecule has 0 unspecified atom stereocenters. The smallest absolute Gasteiger partial charge is 0.174 e. The predicted molar refractivity (Wildman–Crippen MR) is 156 cm³/mol. The van der Waals surface area contributed by atoms with Gasteiger partial charge in [-0.2, -0.15) is 0 Å². The zero-order valence-corrected chi connectivity index (χ0v) is 23.4. The lowest BCUT2D eigenvalue weighted by molar-refractivity contribution is 0.0839. The maximum Gasteiger partial charge on any atom is 0.174 e. The third kappa shape index (κ3) is 5.03. The number of benzene rings is 4. The Morgan fingerprint density at radius 3 is 2.14 bits per heavy atom. The van der Waals surface area contributed by atoms with Crippen LogP contribution in [0.15, 0.2) is 72.3 Å². The van der Waals surface area contributed by atoms with Gasteiger partial charge in [0.25, 0.3) is 0 Å². The minimum Gasteiger partial charge on any atom is -0.508 e. The van der Waals surface area contributed by atoms with Crippen LogP contribution in [-0.2, 0) is 6.42 Å². The normalized spacial score (nSPS) is 18.7. The minimum atomic E-state index is -0.956. The summed E-state index contributed by atoms with van der Waals surface area (Å²) in [6.07, 6.45) is 0.346. The number of Topliss-reactive ketones (excluding diaryl/α,β-unsaturated/α-hetero) is 1. The van der Waals surface area contributed by atoms with Crippen LogP contribution < -0.4 is 9.47 Å². The maximum atomic E-state index is 13.3. The molecule has 2 aliphatic heterocycles. The van der Waals surface area contributed by atoms with Gasteiger partial charge in [0.05, 0.1) is 12.3 Å². The van der Waals surface area contributed by atoms with Crippen molar-refractivity contribution in [1.29, 1.82) is 0 Å². The molecule has 2 heterocycles. The molecule has 0 saturated carbocycles. The van der Waals surface area contributed by atoms with Crippen LogP contribution in [0.2, 0.25) is 0 Å². The standard InChI is InChI=1S/C34H30O9/c1-16(2)3-8-22-25(38)13-27(40)32-28(41)15-29(43-34(22)32)23-12-24-30(14-26(23)39)42-33(17-4-6-19(35)7-5-17)31(24)18-9-20(36)11-21(37)10-18/h3-7,9-14,29,31,33,35-40H,8,15H2,1-2H3/t29-,31+,33-/m0/s1. The van der Waals surface area contributed by atoms with Crippen LogP contribution in [-0.4, -0.2) is 36.4 Å². The van der Waals surface area contributed by atoms with E-state index in [0.29, 0.717) is 28.0 Å². The van der Waals surface area contributed by atoms with Gasteiger partial charge in [-0.25, -0.2) is 0 Å². The topological polar surface area (TPSA) is 157 Å². The molecule has 0 amide bonds. The van der Waals surface area contributed by atoms with E-state index < -0.39 is 23.9 Å². The molecule has 0 aliphatic carbocycles. The zero-order chi connectivity index (χ0) is 30.6. The lowest BCUT2D eigenvalue weighted by Gasteiger charge is -2.29. The van der Waals surface area contributed by atoms with Crippen molar-refractivity contribution in [2.24, 2.45) is 0 Å². The number of hydrogen-bond donors (Lipinski definition) is 6. The molecule has 0 radical (unpaired) electrons. The van der Waals surface area contributed by atoms with Crippen LogP contribution in [0.5, 0.6) is 46.0 Å². The summed E-state index contributed by atoms with van der Waals surface area (Å²) in [5, 5.41) is 62.7. The number of phenolic OH excluding ortho intramolecular Hbond substituents is 6. The van der Waals surface area contributed by atoms with E-state index in [0.717, 1.165) is 11.6 Å². The third-order valence-electron chi connectivity index (χ3n) is 7.87. The molecule has 0 saturated heterocycles. The molecule has 6 N–H and O–H groups in total. The van der Waals surface area contributed by atoms with Crippen molar-refractivity contribution >= 4 is 5.78 Å². The molecule has 0 fully saturated rings. The molecule has 3 atom stereocenters. The van der Waals surface area contributed by atoms with E-state index in [1.54, 1.807) is 18.2 Å². The number of fused-ring (bicyclic) bond motifs is 2. The van der Waals surface area contributed by atoms with Gasteiger partial charge in [0.2, 0.25) is 0 Å². The van der Waals surface area contributed by atoms with Crippen molar-refractivity contribution in [3.05, 3.63) is 106 Å². The largest absolute Gasteiger partial charge is 0.508 e. The fraction of sp³-hybridized carbons (Fsp3) is 0.206. The van der Waals surface area contributed by atoms with E-state index in [1.165, 1.54) is 36.4 Å². The monoisotopic (exact) mass is 582 g/mol. The molecule has 9 heteroatoms. The zero-order valence-electron chi connectivity index (χ0n) is 23.4. The van der Waals surface area contributed by atoms with Gasteiger partial charge in [0.1, 0.15) is 63.8 Å². The molecule has 43 heavy (non-hydrogen) atoms. The molecule has 220 valence electrons. The highest BCUT2D eigenvalue weighted by Gasteiger charge is 2.40. The number of ketones is 1. The van der Waals surface area contributed by atoms with Crippen LogP contribution in [0.25, 0.3) is 0 Å². The summed E-state index contributed by atoms with van der Waals surface area (Å²) in [6.45, 7) is 3.80. The first-order valence-corrected chi connectivity index (χ1v) is 13.8. The SMILES string of the molecule is CC(C)=CCc1c(O)cc(O)c2c1O[C@H](c1cc3c(cc1O)O[C@@H](c1ccc(O)cc1)[C@@H]3c1cc(O)cc(O)c1)CC2=O. The van der Waals surface area contributed by atoms with Gasteiger partial charge in [-0.3, -0.25) is 4.79 Å². The quantitative estimate of drug-likeness (QED) is 0.147. The summed E-state index contributed by atoms with van der Waals surface area (Å²) in [6, 6.07) is 15.0. The molecule has 2 aliphatic rings. The van der Waals surface area contributed by atoms with Crippen molar-refractivity contribution in [2.75, 3.05) is 0 Å². The number of phenols is 6. The van der Waals surface area contributed by atoms with Gasteiger partial charge < -0.3 is 40.1 Å². The lowest BCUT2D eigenvalue weighted by Crippen LogP contribution is -2.22. The van der Waals surface area contributed by atoms with Gasteiger partial charge in [0.15, 0.2) is 5.78 Å². The number of ether oxygens (including phenoxy) is 2. The molecule has 4 aromatic rings. The molecule has 9 nitrogen and oxygen atoms in total. The Bertz CT molecular complexity index is 1770. The molecular formula is C34H30O9. The summed E-state index contributed by atoms with van der Waals surface area (Å²) < 4.78 is 12.6. The molecule has 4 aromatic carbocycles. The van der Waals surface area contributed by atoms with E-state index in [4.69, 9.17) is 9.47 Å². The number of hydrogen-bond acceptors (Lipinski definition) is 9. The highest BCUT2D eigenvalue weighted by Crippen LogP contribution is 2.54. The van der Waals surface area contributed by atoms with E-state index >= 15 is 0 Å². The number of carbonyl (C=O) groups is 1. The molecule has 0 spiro atoms. The second-order valence-corrected chi connectivity index (χ2v) is 11.2. The first-order chi connectivity index (χ1) is 20.5. The predicted octanol–water partition coefficient (Wildman–Crippen LogP) is 6.40. The van der Waals surface area contributed by atoms with Crippen LogP contribution in [0, 0.1) is 0 Å². The second kappa shape index (κ2) is 10.5. The molecule has 0 aromatic heterocycles. The number of allylic oxidation sites excluding steroid dienone is 2. The number of carbonyl (C=O) groups excluding carboxylic acids is 1. The maximum absolute atomic E-state index is 13.3. The van der Waals surface area contributed by atoms with E-state index in [2.05, 4.69) is 0 Å². The molecular weight excluding hydrogens is 552 g/mol. The van der Waals surface area contributed by atoms with Gasteiger partial charge in [-0.05, 0) is 61.7 Å². The van der Waals surface area contributed by atoms with Gasteiger partial charge >= 0.3 is 0 Å². The lowest BCUT2D eigenvalue weighted by atomic mass is 9.83. The fourth-order valence-corrected chi connectivity index (χ4v) is 5.85. The third-order valence-corrected chi connectivity index (χ3v) is 7.87.